The molecule has 3 aromatic rings. The molecule has 0 aliphatic heterocycles. The number of rotatable bonds is 8. The van der Waals surface area contributed by atoms with E-state index in [0.717, 1.165) is 45.4 Å². The van der Waals surface area contributed by atoms with Crippen molar-refractivity contribution in [2.75, 3.05) is 35.5 Å². The molecule has 0 saturated heterocycles. The van der Waals surface area contributed by atoms with Crippen molar-refractivity contribution in [3.05, 3.63) is 77.4 Å². The summed E-state index contributed by atoms with van der Waals surface area (Å²) in [6.07, 6.45) is 0. The topological polar surface area (TPSA) is 46.2 Å². The third kappa shape index (κ3) is 4.24. The zero-order chi connectivity index (χ0) is 20.8. The molecule has 0 unspecified atom stereocenters. The number of ether oxygens (including phenoxy) is 5. The van der Waals surface area contributed by atoms with Gasteiger partial charge in [-0.1, -0.05) is 24.3 Å². The zero-order valence-electron chi connectivity index (χ0n) is 17.4. The van der Waals surface area contributed by atoms with E-state index >= 15 is 0 Å². The van der Waals surface area contributed by atoms with Crippen LogP contribution in [0.4, 0.5) is 0 Å². The summed E-state index contributed by atoms with van der Waals surface area (Å²) in [4.78, 5) is 0. The fraction of sp³-hybridized carbons (Fsp3) is 0.250. The summed E-state index contributed by atoms with van der Waals surface area (Å²) >= 11 is 0. The van der Waals surface area contributed by atoms with Gasteiger partial charge in [0.05, 0.1) is 35.5 Å². The van der Waals surface area contributed by atoms with Crippen LogP contribution in [0, 0.1) is 0 Å². The van der Waals surface area contributed by atoms with Gasteiger partial charge in [0.15, 0.2) is 0 Å². The molecule has 5 nitrogen and oxygen atoms in total. The Balaban J connectivity index is 2.26. The molecule has 3 rings (SSSR count). The molecule has 0 N–H and O–H groups in total. The summed E-state index contributed by atoms with van der Waals surface area (Å²) in [6.45, 7) is 0. The molecule has 0 aromatic heterocycles. The quantitative estimate of drug-likeness (QED) is 0.508. The molecular formula is C24H26O5. The highest BCUT2D eigenvalue weighted by Crippen LogP contribution is 2.43. The first-order chi connectivity index (χ1) is 14.1. The maximum Gasteiger partial charge on any atom is 0.126 e. The van der Waals surface area contributed by atoms with Gasteiger partial charge in [-0.05, 0) is 29.8 Å². The SMILES string of the molecule is COc1cccc(C(c2ccc(OC)cc2OC)c2ccc(OC)cc2OC)c1. The predicted molar refractivity (Wildman–Crippen MR) is 113 cm³/mol. The van der Waals surface area contributed by atoms with Crippen LogP contribution in [0.1, 0.15) is 22.6 Å². The lowest BCUT2D eigenvalue weighted by Gasteiger charge is -2.24. The second-order valence-corrected chi connectivity index (χ2v) is 6.43. The Morgan fingerprint density at radius 3 is 1.45 bits per heavy atom. The molecule has 0 fully saturated rings. The molecule has 0 amide bonds. The Bertz CT molecular complexity index is 912. The minimum atomic E-state index is -0.146. The van der Waals surface area contributed by atoms with Gasteiger partial charge >= 0.3 is 0 Å². The predicted octanol–water partition coefficient (Wildman–Crippen LogP) is 4.91. The van der Waals surface area contributed by atoms with Crippen molar-refractivity contribution in [3.63, 3.8) is 0 Å². The van der Waals surface area contributed by atoms with Crippen molar-refractivity contribution in [1.82, 2.24) is 0 Å². The summed E-state index contributed by atoms with van der Waals surface area (Å²) in [5, 5.41) is 0. The van der Waals surface area contributed by atoms with Gasteiger partial charge in [0, 0.05) is 29.2 Å². The van der Waals surface area contributed by atoms with Crippen molar-refractivity contribution in [2.45, 2.75) is 5.92 Å². The Labute approximate surface area is 171 Å². The minimum absolute atomic E-state index is 0.146. The molecule has 0 saturated carbocycles. The van der Waals surface area contributed by atoms with E-state index in [2.05, 4.69) is 6.07 Å². The van der Waals surface area contributed by atoms with E-state index in [0.29, 0.717) is 0 Å². The Morgan fingerprint density at radius 2 is 1.00 bits per heavy atom. The molecular weight excluding hydrogens is 368 g/mol. The second-order valence-electron chi connectivity index (χ2n) is 6.43. The van der Waals surface area contributed by atoms with Crippen LogP contribution < -0.4 is 23.7 Å². The second kappa shape index (κ2) is 9.24. The van der Waals surface area contributed by atoms with Crippen molar-refractivity contribution < 1.29 is 23.7 Å². The molecule has 0 atom stereocenters. The highest BCUT2D eigenvalue weighted by atomic mass is 16.5. The van der Waals surface area contributed by atoms with Crippen LogP contribution >= 0.6 is 0 Å². The van der Waals surface area contributed by atoms with Crippen molar-refractivity contribution in [2.24, 2.45) is 0 Å². The first-order valence-electron chi connectivity index (χ1n) is 9.23. The molecule has 0 spiro atoms. The highest BCUT2D eigenvalue weighted by molar-refractivity contribution is 5.56. The molecule has 0 radical (unpaired) electrons. The van der Waals surface area contributed by atoms with E-state index in [1.807, 2.05) is 54.6 Å². The first-order valence-corrected chi connectivity index (χ1v) is 9.23. The maximum absolute atomic E-state index is 5.71. The standard InChI is InChI=1S/C24H26O5/c1-25-17-8-6-7-16(13-17)24(20-11-9-18(26-2)14-22(20)28-4)21-12-10-19(27-3)15-23(21)29-5/h6-15,24H,1-5H3. The summed E-state index contributed by atoms with van der Waals surface area (Å²) < 4.78 is 27.6. The third-order valence-electron chi connectivity index (χ3n) is 4.93. The van der Waals surface area contributed by atoms with Crippen LogP contribution in [0.3, 0.4) is 0 Å². The van der Waals surface area contributed by atoms with E-state index in [-0.39, 0.29) is 5.92 Å². The lowest BCUT2D eigenvalue weighted by Crippen LogP contribution is -2.08. The smallest absolute Gasteiger partial charge is 0.126 e. The Kier molecular flexibility index (Phi) is 6.50. The Hall–Kier alpha value is -3.34. The van der Waals surface area contributed by atoms with Crippen LogP contribution in [-0.2, 0) is 0 Å². The number of methoxy groups -OCH3 is 5. The monoisotopic (exact) mass is 394 g/mol. The van der Waals surface area contributed by atoms with Gasteiger partial charge in [0.2, 0.25) is 0 Å². The van der Waals surface area contributed by atoms with Crippen molar-refractivity contribution >= 4 is 0 Å². The Morgan fingerprint density at radius 1 is 0.517 bits per heavy atom. The van der Waals surface area contributed by atoms with Crippen LogP contribution in [0.5, 0.6) is 28.7 Å². The lowest BCUT2D eigenvalue weighted by molar-refractivity contribution is 0.386. The molecule has 0 aliphatic rings. The fourth-order valence-electron chi connectivity index (χ4n) is 3.46. The average Bonchev–Trinajstić information content (AvgIpc) is 2.79. The van der Waals surface area contributed by atoms with Gasteiger partial charge in [-0.25, -0.2) is 0 Å². The van der Waals surface area contributed by atoms with Crippen LogP contribution in [0.25, 0.3) is 0 Å². The number of hydrogen-bond acceptors (Lipinski definition) is 5. The molecule has 152 valence electrons. The maximum atomic E-state index is 5.71. The molecule has 0 heterocycles. The van der Waals surface area contributed by atoms with E-state index in [9.17, 15) is 0 Å². The fourth-order valence-corrected chi connectivity index (χ4v) is 3.46. The molecule has 3 aromatic carbocycles. The van der Waals surface area contributed by atoms with Crippen LogP contribution in [-0.4, -0.2) is 35.5 Å². The van der Waals surface area contributed by atoms with E-state index in [4.69, 9.17) is 23.7 Å². The lowest BCUT2D eigenvalue weighted by atomic mass is 9.84. The van der Waals surface area contributed by atoms with E-state index in [1.54, 1.807) is 35.5 Å². The summed E-state index contributed by atoms with van der Waals surface area (Å²) in [5.74, 6) is 3.57. The molecule has 0 bridgehead atoms. The highest BCUT2D eigenvalue weighted by Gasteiger charge is 2.25. The van der Waals surface area contributed by atoms with Gasteiger partial charge in [-0.15, -0.1) is 0 Å². The normalized spacial score (nSPS) is 10.6. The average molecular weight is 394 g/mol. The first kappa shape index (κ1) is 20.4. The largest absolute Gasteiger partial charge is 0.497 e. The zero-order valence-corrected chi connectivity index (χ0v) is 17.4. The van der Waals surface area contributed by atoms with E-state index in [1.165, 1.54) is 0 Å². The molecule has 29 heavy (non-hydrogen) atoms. The third-order valence-corrected chi connectivity index (χ3v) is 4.93. The van der Waals surface area contributed by atoms with Gasteiger partial charge in [-0.3, -0.25) is 0 Å². The van der Waals surface area contributed by atoms with Crippen molar-refractivity contribution in [1.29, 1.82) is 0 Å². The number of benzene rings is 3. The molecule has 0 aliphatic carbocycles. The van der Waals surface area contributed by atoms with Gasteiger partial charge in [0.25, 0.3) is 0 Å². The van der Waals surface area contributed by atoms with Gasteiger partial charge in [0.1, 0.15) is 28.7 Å². The summed E-state index contributed by atoms with van der Waals surface area (Å²) in [5.41, 5.74) is 3.03. The van der Waals surface area contributed by atoms with Gasteiger partial charge < -0.3 is 23.7 Å². The van der Waals surface area contributed by atoms with E-state index < -0.39 is 0 Å². The van der Waals surface area contributed by atoms with Crippen LogP contribution in [0.2, 0.25) is 0 Å². The minimum Gasteiger partial charge on any atom is -0.497 e. The summed E-state index contributed by atoms with van der Waals surface area (Å²) in [7, 11) is 8.26. The number of hydrogen-bond donors (Lipinski definition) is 0. The summed E-state index contributed by atoms with van der Waals surface area (Å²) in [6, 6.07) is 19.7. The van der Waals surface area contributed by atoms with Gasteiger partial charge in [-0.2, -0.15) is 0 Å². The van der Waals surface area contributed by atoms with Crippen LogP contribution in [0.15, 0.2) is 60.7 Å². The molecule has 5 heteroatoms. The van der Waals surface area contributed by atoms with Crippen molar-refractivity contribution in [3.8, 4) is 28.7 Å².